The standard InChI is InChI=1S/C28H26BrN3O4/c1-36-21-11-9-18(10-12-21)14-24(30-27(34)22-5-2-3-6-23(22)29)28(35)31-15-19-13-20(17-31)25-7-4-8-26(33)32(25)16-19/h2-12,14,19-20H,13,15-17H2,1H3,(H,30,34)/b24-14-/t19-,20-/m0/s1. The largest absolute Gasteiger partial charge is 0.497 e. The Morgan fingerprint density at radius 2 is 1.78 bits per heavy atom. The number of halogens is 1. The highest BCUT2D eigenvalue weighted by molar-refractivity contribution is 9.10. The van der Waals surface area contributed by atoms with Gasteiger partial charge >= 0.3 is 0 Å². The number of likely N-dealkylation sites (tertiary alicyclic amines) is 1. The van der Waals surface area contributed by atoms with Crippen LogP contribution in [-0.2, 0) is 11.3 Å². The van der Waals surface area contributed by atoms with Gasteiger partial charge in [-0.05, 0) is 70.2 Å². The van der Waals surface area contributed by atoms with Crippen LogP contribution < -0.4 is 15.6 Å². The number of piperidine rings is 1. The van der Waals surface area contributed by atoms with Crippen LogP contribution in [0.1, 0.15) is 34.0 Å². The Bertz CT molecular complexity index is 1400. The molecule has 2 atom stereocenters. The van der Waals surface area contributed by atoms with E-state index in [0.717, 1.165) is 17.7 Å². The molecular formula is C28H26BrN3O4. The van der Waals surface area contributed by atoms with Gasteiger partial charge in [0.15, 0.2) is 0 Å². The summed E-state index contributed by atoms with van der Waals surface area (Å²) >= 11 is 3.42. The first-order chi connectivity index (χ1) is 17.4. The zero-order chi connectivity index (χ0) is 25.2. The number of carbonyl (C=O) groups excluding carboxylic acids is 2. The maximum atomic E-state index is 13.8. The minimum Gasteiger partial charge on any atom is -0.497 e. The topological polar surface area (TPSA) is 80.6 Å². The molecule has 1 fully saturated rings. The number of pyridine rings is 1. The van der Waals surface area contributed by atoms with E-state index in [4.69, 9.17) is 4.74 Å². The summed E-state index contributed by atoms with van der Waals surface area (Å²) in [6.45, 7) is 1.61. The zero-order valence-electron chi connectivity index (χ0n) is 19.8. The molecule has 0 radical (unpaired) electrons. The number of benzene rings is 2. The van der Waals surface area contributed by atoms with Gasteiger partial charge < -0.3 is 19.5 Å². The molecule has 7 nitrogen and oxygen atoms in total. The zero-order valence-corrected chi connectivity index (χ0v) is 21.4. The molecule has 0 spiro atoms. The van der Waals surface area contributed by atoms with Gasteiger partial charge in [-0.2, -0.15) is 0 Å². The maximum Gasteiger partial charge on any atom is 0.270 e. The van der Waals surface area contributed by atoms with Crippen LogP contribution >= 0.6 is 15.9 Å². The number of rotatable bonds is 5. The Hall–Kier alpha value is -3.65. The van der Waals surface area contributed by atoms with Crippen molar-refractivity contribution in [2.75, 3.05) is 20.2 Å². The lowest BCUT2D eigenvalue weighted by molar-refractivity contribution is -0.130. The molecular weight excluding hydrogens is 522 g/mol. The first-order valence-electron chi connectivity index (χ1n) is 11.8. The van der Waals surface area contributed by atoms with E-state index < -0.39 is 0 Å². The number of nitrogens with zero attached hydrogens (tertiary/aromatic N) is 2. The minimum absolute atomic E-state index is 0.00256. The van der Waals surface area contributed by atoms with Crippen molar-refractivity contribution in [2.24, 2.45) is 5.92 Å². The molecule has 0 aliphatic carbocycles. The first-order valence-corrected chi connectivity index (χ1v) is 12.6. The van der Waals surface area contributed by atoms with Crippen LogP contribution in [0.2, 0.25) is 0 Å². The molecule has 2 bridgehead atoms. The van der Waals surface area contributed by atoms with Gasteiger partial charge in [-0.3, -0.25) is 14.4 Å². The van der Waals surface area contributed by atoms with Crippen LogP contribution in [0.15, 0.2) is 81.7 Å². The van der Waals surface area contributed by atoms with Crippen molar-refractivity contribution in [2.45, 2.75) is 18.9 Å². The third-order valence-electron chi connectivity index (χ3n) is 6.79. The van der Waals surface area contributed by atoms with Gasteiger partial charge in [0.1, 0.15) is 11.4 Å². The Morgan fingerprint density at radius 1 is 1.00 bits per heavy atom. The fraction of sp³-hybridized carbons (Fsp3) is 0.250. The van der Waals surface area contributed by atoms with E-state index >= 15 is 0 Å². The molecule has 0 saturated carbocycles. The molecule has 2 aliphatic heterocycles. The molecule has 5 rings (SSSR count). The molecule has 36 heavy (non-hydrogen) atoms. The summed E-state index contributed by atoms with van der Waals surface area (Å²) in [5, 5.41) is 2.86. The van der Waals surface area contributed by atoms with Gasteiger partial charge in [0.05, 0.1) is 12.7 Å². The second-order valence-electron chi connectivity index (χ2n) is 9.17. The molecule has 184 valence electrons. The van der Waals surface area contributed by atoms with Crippen molar-refractivity contribution in [1.29, 1.82) is 0 Å². The smallest absolute Gasteiger partial charge is 0.270 e. The second-order valence-corrected chi connectivity index (χ2v) is 10.0. The van der Waals surface area contributed by atoms with Gasteiger partial charge in [-0.15, -0.1) is 0 Å². The monoisotopic (exact) mass is 547 g/mol. The average molecular weight is 548 g/mol. The van der Waals surface area contributed by atoms with E-state index in [1.54, 1.807) is 48.4 Å². The first kappa shape index (κ1) is 24.1. The quantitative estimate of drug-likeness (QED) is 0.489. The number of nitrogens with one attached hydrogen (secondary N) is 1. The highest BCUT2D eigenvalue weighted by atomic mass is 79.9. The summed E-state index contributed by atoms with van der Waals surface area (Å²) in [6.07, 6.45) is 2.63. The molecule has 2 amide bonds. The van der Waals surface area contributed by atoms with E-state index in [2.05, 4.69) is 21.2 Å². The predicted molar refractivity (Wildman–Crippen MR) is 141 cm³/mol. The number of methoxy groups -OCH3 is 1. The molecule has 2 aromatic carbocycles. The van der Waals surface area contributed by atoms with Crippen molar-refractivity contribution in [3.8, 4) is 5.75 Å². The molecule has 2 aliphatic rings. The number of fused-ring (bicyclic) bond motifs is 4. The molecule has 0 unspecified atom stereocenters. The van der Waals surface area contributed by atoms with Crippen molar-refractivity contribution >= 4 is 33.8 Å². The Labute approximate surface area is 217 Å². The van der Waals surface area contributed by atoms with Crippen LogP contribution in [0.5, 0.6) is 5.75 Å². The molecule has 1 N–H and O–H groups in total. The summed E-state index contributed by atoms with van der Waals surface area (Å²) < 4.78 is 7.72. The molecule has 8 heteroatoms. The summed E-state index contributed by atoms with van der Waals surface area (Å²) in [5.74, 6) is 0.352. The Balaban J connectivity index is 1.45. The van der Waals surface area contributed by atoms with E-state index in [-0.39, 0.29) is 34.9 Å². The van der Waals surface area contributed by atoms with Crippen molar-refractivity contribution < 1.29 is 14.3 Å². The molecule has 3 heterocycles. The molecule has 1 saturated heterocycles. The summed E-state index contributed by atoms with van der Waals surface area (Å²) in [4.78, 5) is 41.1. The second kappa shape index (κ2) is 10.1. The fourth-order valence-electron chi connectivity index (χ4n) is 5.09. The third-order valence-corrected chi connectivity index (χ3v) is 7.48. The Morgan fingerprint density at radius 3 is 2.53 bits per heavy atom. The van der Waals surface area contributed by atoms with Gasteiger partial charge in [0.2, 0.25) is 0 Å². The number of hydrogen-bond acceptors (Lipinski definition) is 4. The van der Waals surface area contributed by atoms with E-state index in [0.29, 0.717) is 35.4 Å². The average Bonchev–Trinajstić information content (AvgIpc) is 2.89. The number of carbonyl (C=O) groups is 2. The number of aromatic nitrogens is 1. The van der Waals surface area contributed by atoms with Gasteiger partial charge in [0.25, 0.3) is 17.4 Å². The van der Waals surface area contributed by atoms with Crippen molar-refractivity contribution in [1.82, 2.24) is 14.8 Å². The Kier molecular flexibility index (Phi) is 6.78. The highest BCUT2D eigenvalue weighted by Gasteiger charge is 2.37. The van der Waals surface area contributed by atoms with Crippen LogP contribution in [0.4, 0.5) is 0 Å². The summed E-state index contributed by atoms with van der Waals surface area (Å²) in [7, 11) is 1.59. The number of amides is 2. The van der Waals surface area contributed by atoms with Crippen LogP contribution in [0.25, 0.3) is 6.08 Å². The van der Waals surface area contributed by atoms with Crippen LogP contribution in [0.3, 0.4) is 0 Å². The fourth-order valence-corrected chi connectivity index (χ4v) is 5.55. The van der Waals surface area contributed by atoms with Gasteiger partial charge in [-0.1, -0.05) is 30.3 Å². The lowest BCUT2D eigenvalue weighted by Crippen LogP contribution is -2.50. The van der Waals surface area contributed by atoms with Crippen LogP contribution in [0, 0.1) is 5.92 Å². The SMILES string of the molecule is COc1ccc(/C=C(\NC(=O)c2ccccc2Br)C(=O)N2C[C@@H]3C[C@@H](C2)c2cccc(=O)n2C3)cc1. The van der Waals surface area contributed by atoms with Gasteiger partial charge in [-0.25, -0.2) is 0 Å². The molecule has 3 aromatic rings. The lowest BCUT2D eigenvalue weighted by atomic mass is 9.83. The van der Waals surface area contributed by atoms with E-state index in [9.17, 15) is 14.4 Å². The lowest BCUT2D eigenvalue weighted by Gasteiger charge is -2.43. The van der Waals surface area contributed by atoms with Crippen molar-refractivity contribution in [3.05, 3.63) is 104 Å². The normalized spacial score (nSPS) is 18.8. The minimum atomic E-state index is -0.371. The maximum absolute atomic E-state index is 13.8. The van der Waals surface area contributed by atoms with E-state index in [1.165, 1.54) is 0 Å². The predicted octanol–water partition coefficient (Wildman–Crippen LogP) is 4.04. The van der Waals surface area contributed by atoms with Crippen molar-refractivity contribution in [3.63, 3.8) is 0 Å². The number of ether oxygens (including phenoxy) is 1. The van der Waals surface area contributed by atoms with E-state index in [1.807, 2.05) is 41.0 Å². The summed E-state index contributed by atoms with van der Waals surface area (Å²) in [6, 6.07) is 19.7. The van der Waals surface area contributed by atoms with Crippen LogP contribution in [-0.4, -0.2) is 41.5 Å². The number of hydrogen-bond donors (Lipinski definition) is 1. The third kappa shape index (κ3) is 4.86. The van der Waals surface area contributed by atoms with Gasteiger partial charge in [0, 0.05) is 41.8 Å². The highest BCUT2D eigenvalue weighted by Crippen LogP contribution is 2.35. The summed E-state index contributed by atoms with van der Waals surface area (Å²) in [5.41, 5.74) is 2.37. The molecule has 1 aromatic heterocycles.